The molecule has 0 spiro atoms. The Morgan fingerprint density at radius 1 is 0.950 bits per heavy atom. The van der Waals surface area contributed by atoms with Gasteiger partial charge >= 0.3 is 5.97 Å². The number of rotatable bonds is 0. The molecule has 1 saturated carbocycles. The molecule has 104 valence electrons. The lowest BCUT2D eigenvalue weighted by atomic mass is 9.62. The summed E-state index contributed by atoms with van der Waals surface area (Å²) in [5.41, 5.74) is 3.63. The molecule has 20 heavy (non-hydrogen) atoms. The number of carbonyl (C=O) groups is 2. The highest BCUT2D eigenvalue weighted by Crippen LogP contribution is 2.49. The molecule has 1 aliphatic heterocycles. The maximum absolute atomic E-state index is 11.8. The van der Waals surface area contributed by atoms with Crippen LogP contribution in [0, 0.1) is 17.8 Å². The first-order valence-corrected chi connectivity index (χ1v) is 7.55. The molecule has 0 aromatic heterocycles. The number of Topliss-reactive ketones (excluding diaryl/α,β-unsaturated/α-hetero) is 1. The van der Waals surface area contributed by atoms with Crippen molar-refractivity contribution in [3.8, 4) is 0 Å². The quantitative estimate of drug-likeness (QED) is 0.636. The van der Waals surface area contributed by atoms with Crippen molar-refractivity contribution < 1.29 is 14.3 Å². The van der Waals surface area contributed by atoms with Crippen molar-refractivity contribution in [3.05, 3.63) is 34.9 Å². The van der Waals surface area contributed by atoms with Crippen molar-refractivity contribution in [3.63, 3.8) is 0 Å². The van der Waals surface area contributed by atoms with Crippen LogP contribution in [0.15, 0.2) is 34.9 Å². The summed E-state index contributed by atoms with van der Waals surface area (Å²) in [7, 11) is 0. The van der Waals surface area contributed by atoms with Crippen molar-refractivity contribution in [2.75, 3.05) is 6.61 Å². The van der Waals surface area contributed by atoms with E-state index in [1.165, 1.54) is 11.1 Å². The van der Waals surface area contributed by atoms with Crippen molar-refractivity contribution in [1.29, 1.82) is 0 Å². The Morgan fingerprint density at radius 2 is 1.75 bits per heavy atom. The van der Waals surface area contributed by atoms with Crippen molar-refractivity contribution in [2.45, 2.75) is 32.1 Å². The Bertz CT molecular complexity index is 579. The minimum atomic E-state index is -0.133. The first kappa shape index (κ1) is 12.1. The average Bonchev–Trinajstić information content (AvgIpc) is 2.46. The molecular formula is C17H18O3. The molecule has 2 fully saturated rings. The Morgan fingerprint density at radius 3 is 2.65 bits per heavy atom. The zero-order chi connectivity index (χ0) is 13.7. The van der Waals surface area contributed by atoms with Gasteiger partial charge in [-0.1, -0.05) is 18.2 Å². The molecule has 3 unspecified atom stereocenters. The van der Waals surface area contributed by atoms with Crippen LogP contribution in [-0.4, -0.2) is 18.4 Å². The maximum atomic E-state index is 11.8. The van der Waals surface area contributed by atoms with Crippen LogP contribution in [0.4, 0.5) is 0 Å². The predicted molar refractivity (Wildman–Crippen MR) is 73.8 cm³/mol. The molecule has 0 radical (unpaired) electrons. The van der Waals surface area contributed by atoms with Gasteiger partial charge < -0.3 is 4.74 Å². The summed E-state index contributed by atoms with van der Waals surface area (Å²) in [5.74, 6) is 1.44. The number of cyclic esters (lactones) is 1. The van der Waals surface area contributed by atoms with E-state index in [9.17, 15) is 9.59 Å². The van der Waals surface area contributed by atoms with Crippen molar-refractivity contribution in [2.24, 2.45) is 17.8 Å². The average molecular weight is 270 g/mol. The number of fused-ring (bicyclic) bond motifs is 5. The third-order valence-corrected chi connectivity index (χ3v) is 5.25. The van der Waals surface area contributed by atoms with E-state index in [-0.39, 0.29) is 5.97 Å². The van der Waals surface area contributed by atoms with Crippen LogP contribution in [0.2, 0.25) is 0 Å². The highest BCUT2D eigenvalue weighted by atomic mass is 16.5. The number of allylic oxidation sites excluding steroid dienone is 5. The lowest BCUT2D eigenvalue weighted by Crippen LogP contribution is -2.36. The second-order valence-corrected chi connectivity index (χ2v) is 6.26. The van der Waals surface area contributed by atoms with E-state index in [1.807, 2.05) is 6.08 Å². The van der Waals surface area contributed by atoms with Gasteiger partial charge in [-0.3, -0.25) is 4.79 Å². The first-order chi connectivity index (χ1) is 9.74. The molecule has 0 amide bonds. The summed E-state index contributed by atoms with van der Waals surface area (Å²) >= 11 is 0. The van der Waals surface area contributed by atoms with Gasteiger partial charge in [-0.2, -0.15) is 0 Å². The van der Waals surface area contributed by atoms with Gasteiger partial charge in [-0.15, -0.1) is 0 Å². The maximum Gasteiger partial charge on any atom is 0.334 e. The van der Waals surface area contributed by atoms with Crippen LogP contribution in [-0.2, 0) is 14.3 Å². The molecule has 3 atom stereocenters. The van der Waals surface area contributed by atoms with E-state index >= 15 is 0 Å². The molecule has 4 rings (SSSR count). The van der Waals surface area contributed by atoms with Crippen molar-refractivity contribution in [1.82, 2.24) is 0 Å². The fourth-order valence-electron chi connectivity index (χ4n) is 4.32. The summed E-state index contributed by atoms with van der Waals surface area (Å²) in [6, 6.07) is 0. The molecule has 0 aromatic rings. The van der Waals surface area contributed by atoms with Gasteiger partial charge in [0, 0.05) is 24.3 Å². The minimum absolute atomic E-state index is 0.133. The van der Waals surface area contributed by atoms with Gasteiger partial charge in [0.05, 0.1) is 6.61 Å². The fourth-order valence-corrected chi connectivity index (χ4v) is 4.32. The Balaban J connectivity index is 1.74. The number of esters is 1. The van der Waals surface area contributed by atoms with Crippen LogP contribution >= 0.6 is 0 Å². The molecule has 4 aliphatic rings. The third-order valence-electron chi connectivity index (χ3n) is 5.25. The molecule has 3 heteroatoms. The lowest BCUT2D eigenvalue weighted by molar-refractivity contribution is -0.143. The van der Waals surface area contributed by atoms with Crippen molar-refractivity contribution >= 4 is 11.8 Å². The standard InChI is InChI=1S/C17H18O3/c18-11-2-4-12-10(9-11)1-3-14-13(12)5-6-16-15(14)7-8-20-17(16)19/h4-6,10,14-15H,1-3,7-9H2. The highest BCUT2D eigenvalue weighted by Gasteiger charge is 2.42. The molecule has 0 aromatic carbocycles. The number of ether oxygens (including phenoxy) is 1. The van der Waals surface area contributed by atoms with Gasteiger partial charge in [0.2, 0.25) is 0 Å². The summed E-state index contributed by atoms with van der Waals surface area (Å²) in [4.78, 5) is 23.5. The van der Waals surface area contributed by atoms with Gasteiger partial charge in [0.25, 0.3) is 0 Å². The van der Waals surface area contributed by atoms with Crippen LogP contribution in [0.1, 0.15) is 32.1 Å². The number of ketones is 1. The van der Waals surface area contributed by atoms with E-state index in [0.717, 1.165) is 24.8 Å². The first-order valence-electron chi connectivity index (χ1n) is 7.55. The van der Waals surface area contributed by atoms with Crippen LogP contribution in [0.3, 0.4) is 0 Å². The molecule has 1 saturated heterocycles. The van der Waals surface area contributed by atoms with Gasteiger partial charge in [-0.25, -0.2) is 4.79 Å². The molecule has 3 aliphatic carbocycles. The Labute approximate surface area is 118 Å². The van der Waals surface area contributed by atoms with Crippen LogP contribution < -0.4 is 0 Å². The predicted octanol–water partition coefficient (Wildman–Crippen LogP) is 2.73. The normalized spacial score (nSPS) is 35.8. The molecule has 0 bridgehead atoms. The highest BCUT2D eigenvalue weighted by molar-refractivity contribution is 5.91. The summed E-state index contributed by atoms with van der Waals surface area (Å²) < 4.78 is 5.15. The fraction of sp³-hybridized carbons (Fsp3) is 0.529. The minimum Gasteiger partial charge on any atom is -0.462 e. The topological polar surface area (TPSA) is 43.4 Å². The van der Waals surface area contributed by atoms with Gasteiger partial charge in [-0.05, 0) is 42.2 Å². The van der Waals surface area contributed by atoms with E-state index in [2.05, 4.69) is 12.2 Å². The zero-order valence-corrected chi connectivity index (χ0v) is 11.4. The number of carbonyl (C=O) groups excluding carboxylic acids is 2. The Hall–Kier alpha value is -1.64. The summed E-state index contributed by atoms with van der Waals surface area (Å²) in [6.07, 6.45) is 10.6. The Kier molecular flexibility index (Phi) is 2.69. The number of hydrogen-bond donors (Lipinski definition) is 0. The molecule has 3 nitrogen and oxygen atoms in total. The SMILES string of the molecule is O=C1CC=C2C3=CC=C4C(=O)OCCC4C3CCC2C1. The van der Waals surface area contributed by atoms with Crippen LogP contribution in [0.25, 0.3) is 0 Å². The second-order valence-electron chi connectivity index (χ2n) is 6.26. The largest absolute Gasteiger partial charge is 0.462 e. The summed E-state index contributed by atoms with van der Waals surface area (Å²) in [6.45, 7) is 0.547. The molecule has 1 heterocycles. The summed E-state index contributed by atoms with van der Waals surface area (Å²) in [5, 5.41) is 0. The zero-order valence-electron chi connectivity index (χ0n) is 11.4. The number of hydrogen-bond acceptors (Lipinski definition) is 3. The van der Waals surface area contributed by atoms with E-state index in [0.29, 0.717) is 43.0 Å². The van der Waals surface area contributed by atoms with E-state index in [1.54, 1.807) is 0 Å². The van der Waals surface area contributed by atoms with Gasteiger partial charge in [0.1, 0.15) is 5.78 Å². The van der Waals surface area contributed by atoms with E-state index in [4.69, 9.17) is 4.74 Å². The third kappa shape index (κ3) is 1.72. The van der Waals surface area contributed by atoms with E-state index < -0.39 is 0 Å². The molecule has 0 N–H and O–H groups in total. The molecular weight excluding hydrogens is 252 g/mol. The smallest absolute Gasteiger partial charge is 0.334 e. The lowest BCUT2D eigenvalue weighted by Gasteiger charge is -2.42. The monoisotopic (exact) mass is 270 g/mol. The second kappa shape index (κ2) is 4.44. The van der Waals surface area contributed by atoms with Gasteiger partial charge in [0.15, 0.2) is 0 Å². The van der Waals surface area contributed by atoms with Crippen LogP contribution in [0.5, 0.6) is 0 Å².